The van der Waals surface area contributed by atoms with Crippen LogP contribution >= 0.6 is 15.9 Å². The van der Waals surface area contributed by atoms with Crippen LogP contribution in [0.15, 0.2) is 53.0 Å². The van der Waals surface area contributed by atoms with Crippen LogP contribution in [-0.2, 0) is 9.59 Å². The quantitative estimate of drug-likeness (QED) is 0.625. The molecule has 0 N–H and O–H groups in total. The average Bonchev–Trinajstić information content (AvgIpc) is 2.86. The highest BCUT2D eigenvalue weighted by molar-refractivity contribution is 9.10. The van der Waals surface area contributed by atoms with Gasteiger partial charge in [-0.1, -0.05) is 46.3 Å². The van der Waals surface area contributed by atoms with Crippen molar-refractivity contribution in [3.63, 3.8) is 0 Å². The number of benzene rings is 2. The van der Waals surface area contributed by atoms with Gasteiger partial charge in [-0.3, -0.25) is 14.4 Å². The van der Waals surface area contributed by atoms with E-state index in [0.29, 0.717) is 16.8 Å². The number of imide groups is 1. The number of nitrogens with zero attached hydrogens (tertiary/aromatic N) is 1. The highest BCUT2D eigenvalue weighted by Crippen LogP contribution is 2.30. The lowest BCUT2D eigenvalue weighted by molar-refractivity contribution is -0.121. The van der Waals surface area contributed by atoms with Gasteiger partial charge in [0, 0.05) is 28.4 Å². The Kier molecular flexibility index (Phi) is 3.90. The minimum Gasteiger partial charge on any atom is -0.289 e. The number of carbonyl (C=O) groups is 3. The molecule has 2 aromatic rings. The van der Waals surface area contributed by atoms with Crippen LogP contribution in [-0.4, -0.2) is 17.6 Å². The first-order valence-electron chi connectivity index (χ1n) is 6.83. The van der Waals surface area contributed by atoms with Gasteiger partial charge in [0.2, 0.25) is 11.8 Å². The summed E-state index contributed by atoms with van der Waals surface area (Å²) in [5.41, 5.74) is 1.20. The van der Waals surface area contributed by atoms with E-state index >= 15 is 0 Å². The Morgan fingerprint density at radius 1 is 0.955 bits per heavy atom. The van der Waals surface area contributed by atoms with Crippen molar-refractivity contribution in [3.05, 3.63) is 64.1 Å². The van der Waals surface area contributed by atoms with Crippen LogP contribution in [0.3, 0.4) is 0 Å². The Morgan fingerprint density at radius 3 is 2.23 bits per heavy atom. The maximum atomic E-state index is 12.7. The van der Waals surface area contributed by atoms with Crippen molar-refractivity contribution in [3.8, 4) is 0 Å². The normalized spacial score (nSPS) is 14.5. The Hall–Kier alpha value is -2.27. The standard InChI is InChI=1S/C17H12BrNO3/c18-12-6-7-14(19-15(20)8-9-16(19)21)13(10-12)17(22)11-4-2-1-3-5-11/h1-7,10H,8-9H2. The molecule has 0 aliphatic carbocycles. The zero-order valence-corrected chi connectivity index (χ0v) is 13.2. The number of hydrogen-bond donors (Lipinski definition) is 0. The first-order valence-corrected chi connectivity index (χ1v) is 7.62. The second kappa shape index (κ2) is 5.85. The minimum atomic E-state index is -0.269. The number of rotatable bonds is 3. The monoisotopic (exact) mass is 357 g/mol. The van der Waals surface area contributed by atoms with Crippen LogP contribution in [0.2, 0.25) is 0 Å². The number of anilines is 1. The lowest BCUT2D eigenvalue weighted by Crippen LogP contribution is -2.30. The van der Waals surface area contributed by atoms with Gasteiger partial charge in [0.15, 0.2) is 5.78 Å². The first-order chi connectivity index (χ1) is 10.6. The van der Waals surface area contributed by atoms with Gasteiger partial charge in [0.05, 0.1) is 5.69 Å². The highest BCUT2D eigenvalue weighted by atomic mass is 79.9. The lowest BCUT2D eigenvalue weighted by Gasteiger charge is -2.18. The number of amides is 2. The molecular weight excluding hydrogens is 346 g/mol. The van der Waals surface area contributed by atoms with E-state index in [1.807, 2.05) is 6.07 Å². The summed E-state index contributed by atoms with van der Waals surface area (Å²) in [5.74, 6) is -0.756. The second-order valence-electron chi connectivity index (χ2n) is 4.98. The molecule has 22 heavy (non-hydrogen) atoms. The largest absolute Gasteiger partial charge is 0.289 e. The Balaban J connectivity index is 2.11. The third kappa shape index (κ3) is 2.60. The van der Waals surface area contributed by atoms with Gasteiger partial charge >= 0.3 is 0 Å². The molecule has 3 rings (SSSR count). The lowest BCUT2D eigenvalue weighted by atomic mass is 10.0. The molecule has 1 aliphatic heterocycles. The summed E-state index contributed by atoms with van der Waals surface area (Å²) in [6, 6.07) is 13.8. The number of ketones is 1. The molecular formula is C17H12BrNO3. The summed E-state index contributed by atoms with van der Waals surface area (Å²) in [7, 11) is 0. The number of halogens is 1. The maximum absolute atomic E-state index is 12.7. The molecule has 110 valence electrons. The highest BCUT2D eigenvalue weighted by Gasteiger charge is 2.33. The minimum absolute atomic E-state index is 0.188. The van der Waals surface area contributed by atoms with Gasteiger partial charge in [0.1, 0.15) is 0 Å². The van der Waals surface area contributed by atoms with E-state index in [0.717, 1.165) is 9.37 Å². The third-order valence-corrected chi connectivity index (χ3v) is 4.02. The van der Waals surface area contributed by atoms with Crippen molar-refractivity contribution in [2.45, 2.75) is 12.8 Å². The Labute approximate surface area is 135 Å². The van der Waals surface area contributed by atoms with E-state index in [1.54, 1.807) is 42.5 Å². The molecule has 0 atom stereocenters. The Morgan fingerprint density at radius 2 is 1.59 bits per heavy atom. The summed E-state index contributed by atoms with van der Waals surface area (Å²) >= 11 is 3.34. The molecule has 1 fully saturated rings. The zero-order valence-electron chi connectivity index (χ0n) is 11.6. The Bertz CT molecular complexity index is 755. The van der Waals surface area contributed by atoms with Gasteiger partial charge in [0.25, 0.3) is 0 Å². The van der Waals surface area contributed by atoms with Crippen molar-refractivity contribution in [1.82, 2.24) is 0 Å². The molecule has 0 bridgehead atoms. The van der Waals surface area contributed by atoms with Gasteiger partial charge in [-0.05, 0) is 18.2 Å². The van der Waals surface area contributed by atoms with Crippen molar-refractivity contribution in [1.29, 1.82) is 0 Å². The van der Waals surface area contributed by atoms with E-state index < -0.39 is 0 Å². The SMILES string of the molecule is O=C(c1ccccc1)c1cc(Br)ccc1N1C(=O)CCC1=O. The topological polar surface area (TPSA) is 54.5 Å². The van der Waals surface area contributed by atoms with Crippen molar-refractivity contribution in [2.24, 2.45) is 0 Å². The van der Waals surface area contributed by atoms with Crippen LogP contribution in [0, 0.1) is 0 Å². The maximum Gasteiger partial charge on any atom is 0.234 e. The average molecular weight is 358 g/mol. The molecule has 2 aromatic carbocycles. The van der Waals surface area contributed by atoms with Crippen molar-refractivity contribution in [2.75, 3.05) is 4.90 Å². The zero-order chi connectivity index (χ0) is 15.7. The number of hydrogen-bond acceptors (Lipinski definition) is 3. The smallest absolute Gasteiger partial charge is 0.234 e. The summed E-state index contributed by atoms with van der Waals surface area (Å²) in [5, 5.41) is 0. The second-order valence-corrected chi connectivity index (χ2v) is 5.90. The fourth-order valence-corrected chi connectivity index (χ4v) is 2.84. The summed E-state index contributed by atoms with van der Waals surface area (Å²) in [6.45, 7) is 0. The molecule has 1 saturated heterocycles. The van der Waals surface area contributed by atoms with Crippen LogP contribution in [0.25, 0.3) is 0 Å². The van der Waals surface area contributed by atoms with Crippen LogP contribution in [0.1, 0.15) is 28.8 Å². The molecule has 4 nitrogen and oxygen atoms in total. The van der Waals surface area contributed by atoms with Gasteiger partial charge in [-0.25, -0.2) is 4.90 Å². The molecule has 1 heterocycles. The van der Waals surface area contributed by atoms with E-state index in [-0.39, 0.29) is 30.4 Å². The van der Waals surface area contributed by atoms with Gasteiger partial charge < -0.3 is 0 Å². The van der Waals surface area contributed by atoms with Crippen molar-refractivity contribution < 1.29 is 14.4 Å². The molecule has 0 saturated carbocycles. The molecule has 2 amide bonds. The molecule has 0 radical (unpaired) electrons. The molecule has 0 aromatic heterocycles. The third-order valence-electron chi connectivity index (χ3n) is 3.53. The van der Waals surface area contributed by atoms with Crippen molar-refractivity contribution >= 4 is 39.2 Å². The van der Waals surface area contributed by atoms with Crippen LogP contribution in [0.4, 0.5) is 5.69 Å². The summed E-state index contributed by atoms with van der Waals surface area (Å²) in [4.78, 5) is 37.8. The number of carbonyl (C=O) groups excluding carboxylic acids is 3. The van der Waals surface area contributed by atoms with Crippen LogP contribution in [0.5, 0.6) is 0 Å². The van der Waals surface area contributed by atoms with E-state index in [9.17, 15) is 14.4 Å². The molecule has 1 aliphatic rings. The first kappa shape index (κ1) is 14.7. The van der Waals surface area contributed by atoms with Crippen LogP contribution < -0.4 is 4.90 Å². The fraction of sp³-hybridized carbons (Fsp3) is 0.118. The van der Waals surface area contributed by atoms with Gasteiger partial charge in [-0.2, -0.15) is 0 Å². The van der Waals surface area contributed by atoms with E-state index in [1.165, 1.54) is 0 Å². The van der Waals surface area contributed by atoms with E-state index in [4.69, 9.17) is 0 Å². The summed E-state index contributed by atoms with van der Waals surface area (Å²) < 4.78 is 0.717. The predicted octanol–water partition coefficient (Wildman–Crippen LogP) is 3.33. The fourth-order valence-electron chi connectivity index (χ4n) is 2.48. The summed E-state index contributed by atoms with van der Waals surface area (Å²) in [6.07, 6.45) is 0.377. The predicted molar refractivity (Wildman–Crippen MR) is 85.7 cm³/mol. The van der Waals surface area contributed by atoms with Gasteiger partial charge in [-0.15, -0.1) is 0 Å². The van der Waals surface area contributed by atoms with E-state index in [2.05, 4.69) is 15.9 Å². The molecule has 0 spiro atoms. The molecule has 0 unspecified atom stereocenters. The molecule has 5 heteroatoms.